The molecular weight excluding hydrogens is 308 g/mol. The van der Waals surface area contributed by atoms with Gasteiger partial charge in [-0.2, -0.15) is 0 Å². The molecule has 1 aliphatic heterocycles. The van der Waals surface area contributed by atoms with Crippen molar-refractivity contribution in [3.63, 3.8) is 0 Å². The van der Waals surface area contributed by atoms with Crippen molar-refractivity contribution >= 4 is 45.7 Å². The molecule has 1 aromatic carbocycles. The highest BCUT2D eigenvalue weighted by atomic mass is 35.5. The van der Waals surface area contributed by atoms with Crippen LogP contribution in [-0.2, 0) is 16.4 Å². The molecule has 2 aromatic rings. The number of nitrogens with zero attached hydrogens (tertiary/aromatic N) is 1. The first-order valence-electron chi connectivity index (χ1n) is 6.77. The minimum absolute atomic E-state index is 0.0297. The Morgan fingerprint density at radius 1 is 1.19 bits per heavy atom. The van der Waals surface area contributed by atoms with Gasteiger partial charge < -0.3 is 13.9 Å². The van der Waals surface area contributed by atoms with Crippen LogP contribution in [0.2, 0.25) is 5.02 Å². The van der Waals surface area contributed by atoms with Crippen molar-refractivity contribution in [3.05, 3.63) is 26.8 Å². The summed E-state index contributed by atoms with van der Waals surface area (Å²) in [5.41, 5.74) is 0.655. The minimum Gasteiger partial charge on any atom is -0.399 e. The van der Waals surface area contributed by atoms with E-state index in [0.717, 1.165) is 15.7 Å². The summed E-state index contributed by atoms with van der Waals surface area (Å²) in [4.78, 5) is 11.8. The molecule has 0 radical (unpaired) electrons. The van der Waals surface area contributed by atoms with E-state index in [1.165, 1.54) is 11.3 Å². The number of benzene rings is 1. The van der Waals surface area contributed by atoms with Gasteiger partial charge in [0.2, 0.25) is 0 Å². The average Bonchev–Trinajstić information content (AvgIpc) is 2.75. The zero-order valence-corrected chi connectivity index (χ0v) is 14.3. The average molecular weight is 326 g/mol. The largest absolute Gasteiger partial charge is 0.496 e. The molecule has 1 fully saturated rings. The number of rotatable bonds is 1. The van der Waals surface area contributed by atoms with E-state index < -0.39 is 18.3 Å². The lowest BCUT2D eigenvalue weighted by molar-refractivity contribution is 0.00578. The molecule has 0 unspecified atom stereocenters. The van der Waals surface area contributed by atoms with Gasteiger partial charge in [-0.1, -0.05) is 29.0 Å². The van der Waals surface area contributed by atoms with Crippen LogP contribution in [0.5, 0.6) is 0 Å². The fourth-order valence-electron chi connectivity index (χ4n) is 2.36. The van der Waals surface area contributed by atoms with Crippen LogP contribution < -0.4 is 10.3 Å². The Morgan fingerprint density at radius 2 is 1.76 bits per heavy atom. The van der Waals surface area contributed by atoms with Gasteiger partial charge in [-0.05, 0) is 33.8 Å². The SMILES string of the molecule is Cn1c(=O)sc2ccc(B3OC(C)(C)C(C)(C)O3)c(Cl)c21. The second-order valence-corrected chi connectivity index (χ2v) is 7.70. The summed E-state index contributed by atoms with van der Waals surface area (Å²) in [5, 5.41) is 0.520. The van der Waals surface area contributed by atoms with E-state index in [0.29, 0.717) is 5.02 Å². The van der Waals surface area contributed by atoms with Crippen LogP contribution in [0.1, 0.15) is 27.7 Å². The van der Waals surface area contributed by atoms with Gasteiger partial charge in [-0.15, -0.1) is 0 Å². The second-order valence-electron chi connectivity index (χ2n) is 6.33. The number of fused-ring (bicyclic) bond motifs is 1. The maximum absolute atomic E-state index is 11.8. The van der Waals surface area contributed by atoms with Gasteiger partial charge in [0.05, 0.1) is 26.4 Å². The number of aromatic nitrogens is 1. The normalized spacial score (nSPS) is 20.4. The van der Waals surface area contributed by atoms with Crippen molar-refractivity contribution in [3.8, 4) is 0 Å². The Bertz CT molecular complexity index is 764. The lowest BCUT2D eigenvalue weighted by atomic mass is 9.79. The predicted molar refractivity (Wildman–Crippen MR) is 87.8 cm³/mol. The van der Waals surface area contributed by atoms with Crippen LogP contribution in [0, 0.1) is 0 Å². The fraction of sp³-hybridized carbons (Fsp3) is 0.500. The molecule has 112 valence electrons. The van der Waals surface area contributed by atoms with Crippen LogP contribution in [0.15, 0.2) is 16.9 Å². The zero-order chi connectivity index (χ0) is 15.6. The van der Waals surface area contributed by atoms with Crippen molar-refractivity contribution < 1.29 is 9.31 Å². The summed E-state index contributed by atoms with van der Waals surface area (Å²) >= 11 is 7.70. The summed E-state index contributed by atoms with van der Waals surface area (Å²) in [7, 11) is 1.20. The molecule has 0 aliphatic carbocycles. The predicted octanol–water partition coefficient (Wildman–Crippen LogP) is 2.55. The van der Waals surface area contributed by atoms with Gasteiger partial charge in [-0.3, -0.25) is 4.79 Å². The number of halogens is 1. The lowest BCUT2D eigenvalue weighted by Crippen LogP contribution is -2.41. The van der Waals surface area contributed by atoms with E-state index in [4.69, 9.17) is 20.9 Å². The minimum atomic E-state index is -0.526. The lowest BCUT2D eigenvalue weighted by Gasteiger charge is -2.32. The van der Waals surface area contributed by atoms with Crippen molar-refractivity contribution in [2.45, 2.75) is 38.9 Å². The standard InChI is InChI=1S/C14H17BClNO3S/c1-13(2)14(3,4)20-15(19-13)8-6-7-9-11(10(8)16)17(5)12(18)21-9/h6-7H,1-5H3. The molecule has 1 aromatic heterocycles. The van der Waals surface area contributed by atoms with Gasteiger partial charge in [-0.25, -0.2) is 0 Å². The van der Waals surface area contributed by atoms with Crippen molar-refractivity contribution in [2.24, 2.45) is 7.05 Å². The summed E-state index contributed by atoms with van der Waals surface area (Å²) in [5.74, 6) is 0. The fourth-order valence-corrected chi connectivity index (χ4v) is 3.69. The van der Waals surface area contributed by atoms with Gasteiger partial charge in [0.1, 0.15) is 0 Å². The molecule has 7 heteroatoms. The summed E-state index contributed by atoms with van der Waals surface area (Å²) in [6.07, 6.45) is 0. The van der Waals surface area contributed by atoms with Crippen molar-refractivity contribution in [1.82, 2.24) is 4.57 Å². The van der Waals surface area contributed by atoms with Gasteiger partial charge in [0.15, 0.2) is 0 Å². The maximum atomic E-state index is 11.8. The molecule has 0 N–H and O–H groups in total. The first-order valence-corrected chi connectivity index (χ1v) is 7.97. The Hall–Kier alpha value is -0.815. The number of thiazole rings is 1. The Balaban J connectivity index is 2.13. The number of hydrogen-bond acceptors (Lipinski definition) is 4. The van der Waals surface area contributed by atoms with Crippen LogP contribution >= 0.6 is 22.9 Å². The molecule has 3 rings (SSSR count). The highest BCUT2D eigenvalue weighted by Gasteiger charge is 2.52. The van der Waals surface area contributed by atoms with E-state index in [1.807, 2.05) is 39.8 Å². The molecule has 0 spiro atoms. The van der Waals surface area contributed by atoms with Crippen LogP contribution in [0.4, 0.5) is 0 Å². The summed E-state index contributed by atoms with van der Waals surface area (Å²) in [6, 6.07) is 3.77. The highest BCUT2D eigenvalue weighted by Crippen LogP contribution is 2.37. The first-order chi connectivity index (χ1) is 9.64. The van der Waals surface area contributed by atoms with Gasteiger partial charge in [0, 0.05) is 12.5 Å². The smallest absolute Gasteiger partial charge is 0.399 e. The molecule has 1 aliphatic rings. The third-order valence-electron chi connectivity index (χ3n) is 4.42. The van der Waals surface area contributed by atoms with Gasteiger partial charge >= 0.3 is 12.0 Å². The Kier molecular flexibility index (Phi) is 3.30. The second kappa shape index (κ2) is 4.59. The van der Waals surface area contributed by atoms with Crippen molar-refractivity contribution in [1.29, 1.82) is 0 Å². The molecule has 21 heavy (non-hydrogen) atoms. The zero-order valence-electron chi connectivity index (χ0n) is 12.7. The van der Waals surface area contributed by atoms with Crippen LogP contribution in [-0.4, -0.2) is 22.9 Å². The van der Waals surface area contributed by atoms with Crippen molar-refractivity contribution in [2.75, 3.05) is 0 Å². The van der Waals surface area contributed by atoms with Crippen LogP contribution in [0.25, 0.3) is 10.2 Å². The van der Waals surface area contributed by atoms with E-state index in [-0.39, 0.29) is 4.87 Å². The third-order valence-corrected chi connectivity index (χ3v) is 5.82. The molecule has 0 saturated carbocycles. The highest BCUT2D eigenvalue weighted by molar-refractivity contribution is 7.16. The Morgan fingerprint density at radius 3 is 2.33 bits per heavy atom. The Labute approximate surface area is 132 Å². The molecule has 0 bridgehead atoms. The van der Waals surface area contributed by atoms with E-state index in [2.05, 4.69) is 0 Å². The topological polar surface area (TPSA) is 40.5 Å². The maximum Gasteiger partial charge on any atom is 0.496 e. The molecule has 0 amide bonds. The van der Waals surface area contributed by atoms with Gasteiger partial charge in [0.25, 0.3) is 0 Å². The summed E-state index contributed by atoms with van der Waals surface area (Å²) < 4.78 is 14.5. The summed E-state index contributed by atoms with van der Waals surface area (Å²) in [6.45, 7) is 8.00. The van der Waals surface area contributed by atoms with E-state index in [9.17, 15) is 4.79 Å². The molecule has 2 heterocycles. The number of aryl methyl sites for hydroxylation is 1. The monoisotopic (exact) mass is 325 g/mol. The van der Waals surface area contributed by atoms with Crippen LogP contribution in [0.3, 0.4) is 0 Å². The quantitative estimate of drug-likeness (QED) is 0.757. The number of hydrogen-bond donors (Lipinski definition) is 0. The first kappa shape index (κ1) is 15.1. The molecule has 4 nitrogen and oxygen atoms in total. The molecule has 1 saturated heterocycles. The van der Waals surface area contributed by atoms with E-state index >= 15 is 0 Å². The molecular formula is C14H17BClNO3S. The van der Waals surface area contributed by atoms with E-state index in [1.54, 1.807) is 11.6 Å². The molecule has 0 atom stereocenters. The third kappa shape index (κ3) is 2.16.